The lowest BCUT2D eigenvalue weighted by Gasteiger charge is -2.10. The molecule has 2 aromatic carbocycles. The summed E-state index contributed by atoms with van der Waals surface area (Å²) < 4.78 is 0. The van der Waals surface area contributed by atoms with Crippen molar-refractivity contribution in [2.24, 2.45) is 11.0 Å². The first-order valence-corrected chi connectivity index (χ1v) is 8.60. The Morgan fingerprint density at radius 1 is 1.00 bits per heavy atom. The van der Waals surface area contributed by atoms with E-state index in [-0.39, 0.29) is 5.91 Å². The number of amides is 1. The van der Waals surface area contributed by atoms with Crippen LogP contribution in [0.25, 0.3) is 0 Å². The summed E-state index contributed by atoms with van der Waals surface area (Å²) in [4.78, 5) is 12.0. The van der Waals surface area contributed by atoms with Crippen LogP contribution in [0.3, 0.4) is 0 Å². The molecular weight excluding hydrogens is 296 g/mol. The van der Waals surface area contributed by atoms with Gasteiger partial charge in [0, 0.05) is 6.42 Å². The lowest BCUT2D eigenvalue weighted by molar-refractivity contribution is -0.121. The van der Waals surface area contributed by atoms with Crippen molar-refractivity contribution in [1.82, 2.24) is 5.43 Å². The highest BCUT2D eigenvalue weighted by atomic mass is 16.2. The van der Waals surface area contributed by atoms with Gasteiger partial charge in [0.2, 0.25) is 5.91 Å². The van der Waals surface area contributed by atoms with Crippen molar-refractivity contribution in [2.75, 3.05) is 0 Å². The highest BCUT2D eigenvalue weighted by Gasteiger charge is 2.07. The maximum Gasteiger partial charge on any atom is 0.240 e. The second kappa shape index (κ2) is 9.66. The van der Waals surface area contributed by atoms with Gasteiger partial charge in [-0.25, -0.2) is 5.43 Å². The van der Waals surface area contributed by atoms with Gasteiger partial charge in [0.15, 0.2) is 0 Å². The van der Waals surface area contributed by atoms with Crippen LogP contribution in [-0.4, -0.2) is 11.6 Å². The summed E-state index contributed by atoms with van der Waals surface area (Å²) in [5.74, 6) is 0.460. The zero-order valence-electron chi connectivity index (χ0n) is 14.5. The number of benzene rings is 2. The standard InChI is InChI=1S/C21H26N2O/c1-17(2)16-20(19-13-7-4-8-14-19)22-23-21(24)15-9-12-18-10-5-3-6-11-18/h3-8,10-11,13-14,17H,9,12,15-16H2,1-2H3,(H,23,24)/b22-20-. The van der Waals surface area contributed by atoms with Crippen LogP contribution in [0.2, 0.25) is 0 Å². The third-order valence-corrected chi connectivity index (χ3v) is 3.74. The van der Waals surface area contributed by atoms with E-state index in [0.29, 0.717) is 12.3 Å². The second-order valence-corrected chi connectivity index (χ2v) is 6.40. The molecule has 0 aliphatic rings. The van der Waals surface area contributed by atoms with E-state index in [0.717, 1.165) is 30.5 Å². The van der Waals surface area contributed by atoms with E-state index >= 15 is 0 Å². The highest BCUT2D eigenvalue weighted by Crippen LogP contribution is 2.10. The fourth-order valence-corrected chi connectivity index (χ4v) is 2.53. The number of carbonyl (C=O) groups excluding carboxylic acids is 1. The summed E-state index contributed by atoms with van der Waals surface area (Å²) in [5.41, 5.74) is 5.98. The van der Waals surface area contributed by atoms with Gasteiger partial charge in [-0.3, -0.25) is 4.79 Å². The zero-order valence-corrected chi connectivity index (χ0v) is 14.5. The largest absolute Gasteiger partial charge is 0.273 e. The fourth-order valence-electron chi connectivity index (χ4n) is 2.53. The van der Waals surface area contributed by atoms with E-state index in [1.54, 1.807) is 0 Å². The Bertz CT molecular complexity index is 648. The quantitative estimate of drug-likeness (QED) is 0.561. The molecule has 1 amide bonds. The molecule has 0 aliphatic carbocycles. The molecule has 0 aliphatic heterocycles. The van der Waals surface area contributed by atoms with Gasteiger partial charge < -0.3 is 0 Å². The average molecular weight is 322 g/mol. The summed E-state index contributed by atoms with van der Waals surface area (Å²) in [6.07, 6.45) is 3.07. The first-order chi connectivity index (χ1) is 11.6. The molecule has 126 valence electrons. The third-order valence-electron chi connectivity index (χ3n) is 3.74. The Kier molecular flexibility index (Phi) is 7.21. The number of hydrogen-bond donors (Lipinski definition) is 1. The number of rotatable bonds is 8. The maximum absolute atomic E-state index is 12.0. The monoisotopic (exact) mass is 322 g/mol. The van der Waals surface area contributed by atoms with E-state index in [2.05, 4.69) is 36.5 Å². The summed E-state index contributed by atoms with van der Waals surface area (Å²) >= 11 is 0. The summed E-state index contributed by atoms with van der Waals surface area (Å²) in [5, 5.41) is 4.38. The molecule has 0 bridgehead atoms. The number of nitrogens with one attached hydrogen (secondary N) is 1. The molecule has 0 fully saturated rings. The molecular formula is C21H26N2O. The molecule has 2 rings (SSSR count). The molecule has 0 atom stereocenters. The van der Waals surface area contributed by atoms with E-state index in [9.17, 15) is 4.79 Å². The summed E-state index contributed by atoms with van der Waals surface area (Å²) in [6, 6.07) is 20.3. The molecule has 3 heteroatoms. The van der Waals surface area contributed by atoms with Gasteiger partial charge in [-0.15, -0.1) is 0 Å². The van der Waals surface area contributed by atoms with Gasteiger partial charge in [0.05, 0.1) is 5.71 Å². The van der Waals surface area contributed by atoms with E-state index in [1.165, 1.54) is 5.56 Å². The molecule has 0 saturated heterocycles. The molecule has 0 saturated carbocycles. The molecule has 1 N–H and O–H groups in total. The van der Waals surface area contributed by atoms with Gasteiger partial charge in [0.25, 0.3) is 0 Å². The van der Waals surface area contributed by atoms with Gasteiger partial charge in [0.1, 0.15) is 0 Å². The van der Waals surface area contributed by atoms with E-state index in [4.69, 9.17) is 0 Å². The number of hydrogen-bond acceptors (Lipinski definition) is 2. The van der Waals surface area contributed by atoms with Crippen molar-refractivity contribution in [3.63, 3.8) is 0 Å². The predicted molar refractivity (Wildman–Crippen MR) is 100.0 cm³/mol. The molecule has 0 unspecified atom stereocenters. The Hall–Kier alpha value is -2.42. The summed E-state index contributed by atoms with van der Waals surface area (Å²) in [6.45, 7) is 4.31. The Morgan fingerprint density at radius 2 is 1.62 bits per heavy atom. The Balaban J connectivity index is 1.87. The van der Waals surface area contributed by atoms with Crippen LogP contribution >= 0.6 is 0 Å². The first-order valence-electron chi connectivity index (χ1n) is 8.60. The topological polar surface area (TPSA) is 41.5 Å². The minimum Gasteiger partial charge on any atom is -0.273 e. The lowest BCUT2D eigenvalue weighted by Crippen LogP contribution is -2.20. The van der Waals surface area contributed by atoms with Crippen LogP contribution in [0.4, 0.5) is 0 Å². The molecule has 2 aromatic rings. The molecule has 0 heterocycles. The van der Waals surface area contributed by atoms with Crippen LogP contribution in [0, 0.1) is 5.92 Å². The lowest BCUT2D eigenvalue weighted by atomic mass is 10.0. The number of aryl methyl sites for hydroxylation is 1. The third kappa shape index (κ3) is 6.37. The molecule has 3 nitrogen and oxygen atoms in total. The fraction of sp³-hybridized carbons (Fsp3) is 0.333. The van der Waals surface area contributed by atoms with Crippen molar-refractivity contribution in [3.05, 3.63) is 71.8 Å². The second-order valence-electron chi connectivity index (χ2n) is 6.40. The van der Waals surface area contributed by atoms with Gasteiger partial charge >= 0.3 is 0 Å². The number of carbonyl (C=O) groups is 1. The average Bonchev–Trinajstić information content (AvgIpc) is 2.60. The van der Waals surface area contributed by atoms with Crippen molar-refractivity contribution in [3.8, 4) is 0 Å². The number of hydrazone groups is 1. The Labute approximate surface area is 144 Å². The first kappa shape index (κ1) is 17.9. The minimum absolute atomic E-state index is 0.0249. The summed E-state index contributed by atoms with van der Waals surface area (Å²) in [7, 11) is 0. The SMILES string of the molecule is CC(C)C/C(=N/NC(=O)CCCc1ccccc1)c1ccccc1. The highest BCUT2D eigenvalue weighted by molar-refractivity contribution is 6.01. The van der Waals surface area contributed by atoms with Gasteiger partial charge in [-0.05, 0) is 36.3 Å². The van der Waals surface area contributed by atoms with Crippen LogP contribution in [0.15, 0.2) is 65.8 Å². The van der Waals surface area contributed by atoms with E-state index < -0.39 is 0 Å². The van der Waals surface area contributed by atoms with Crippen LogP contribution < -0.4 is 5.43 Å². The molecule has 24 heavy (non-hydrogen) atoms. The Morgan fingerprint density at radius 3 is 2.25 bits per heavy atom. The van der Waals surface area contributed by atoms with E-state index in [1.807, 2.05) is 48.5 Å². The molecule has 0 aromatic heterocycles. The normalized spacial score (nSPS) is 11.5. The molecule has 0 radical (unpaired) electrons. The van der Waals surface area contributed by atoms with Crippen LogP contribution in [0.1, 0.15) is 44.2 Å². The van der Waals surface area contributed by atoms with Crippen LogP contribution in [0.5, 0.6) is 0 Å². The minimum atomic E-state index is -0.0249. The van der Waals surface area contributed by atoms with Gasteiger partial charge in [-0.1, -0.05) is 74.5 Å². The van der Waals surface area contributed by atoms with Crippen molar-refractivity contribution in [1.29, 1.82) is 0 Å². The predicted octanol–water partition coefficient (Wildman–Crippen LogP) is 4.58. The zero-order chi connectivity index (χ0) is 17.2. The van der Waals surface area contributed by atoms with Crippen molar-refractivity contribution < 1.29 is 4.79 Å². The smallest absolute Gasteiger partial charge is 0.240 e. The van der Waals surface area contributed by atoms with Crippen molar-refractivity contribution >= 4 is 11.6 Å². The van der Waals surface area contributed by atoms with Gasteiger partial charge in [-0.2, -0.15) is 5.10 Å². The maximum atomic E-state index is 12.0. The molecule has 0 spiro atoms. The number of nitrogens with zero attached hydrogens (tertiary/aromatic N) is 1. The van der Waals surface area contributed by atoms with Crippen LogP contribution in [-0.2, 0) is 11.2 Å². The van der Waals surface area contributed by atoms with Crippen molar-refractivity contribution in [2.45, 2.75) is 39.5 Å².